The Labute approximate surface area is 180 Å². The molecule has 0 unspecified atom stereocenters. The number of nitrogens with one attached hydrogen (secondary N) is 1. The van der Waals surface area contributed by atoms with Crippen LogP contribution >= 0.6 is 11.3 Å². The third kappa shape index (κ3) is 4.10. The summed E-state index contributed by atoms with van der Waals surface area (Å²) in [5.41, 5.74) is -1.55. The molecule has 1 aromatic heterocycles. The molecule has 0 amide bonds. The fourth-order valence-electron chi connectivity index (χ4n) is 3.50. The molecule has 1 aliphatic carbocycles. The van der Waals surface area contributed by atoms with Gasteiger partial charge in [-0.1, -0.05) is 42.5 Å². The number of benzene rings is 2. The molecule has 0 bridgehead atoms. The van der Waals surface area contributed by atoms with E-state index < -0.39 is 39.2 Å². The van der Waals surface area contributed by atoms with Crippen molar-refractivity contribution < 1.29 is 31.5 Å². The van der Waals surface area contributed by atoms with Crippen LogP contribution in [0.2, 0.25) is 0 Å². The highest BCUT2D eigenvalue weighted by atomic mass is 32.2. The van der Waals surface area contributed by atoms with Crippen LogP contribution in [0.5, 0.6) is 0 Å². The highest BCUT2D eigenvalue weighted by Crippen LogP contribution is 2.52. The maximum atomic E-state index is 13.0. The van der Waals surface area contributed by atoms with Crippen LogP contribution < -0.4 is 4.72 Å². The summed E-state index contributed by atoms with van der Waals surface area (Å²) in [6, 6.07) is 16.0. The van der Waals surface area contributed by atoms with Gasteiger partial charge in [-0.05, 0) is 41.8 Å². The highest BCUT2D eigenvalue weighted by Gasteiger charge is 2.63. The van der Waals surface area contributed by atoms with Crippen molar-refractivity contribution in [1.29, 1.82) is 0 Å². The minimum atomic E-state index is -4.52. The maximum Gasteiger partial charge on any atom is 0.416 e. The van der Waals surface area contributed by atoms with E-state index in [-0.39, 0.29) is 16.2 Å². The molecule has 162 valence electrons. The van der Waals surface area contributed by atoms with E-state index >= 15 is 0 Å². The van der Waals surface area contributed by atoms with Crippen molar-refractivity contribution in [2.45, 2.75) is 28.3 Å². The van der Waals surface area contributed by atoms with Crippen molar-refractivity contribution in [3.05, 3.63) is 77.9 Å². The Kier molecular flexibility index (Phi) is 5.19. The first kappa shape index (κ1) is 21.5. The van der Waals surface area contributed by atoms with Crippen LogP contribution in [0.1, 0.15) is 23.5 Å². The number of hydrogen-bond donors (Lipinski definition) is 2. The lowest BCUT2D eigenvalue weighted by atomic mass is 10.1. The van der Waals surface area contributed by atoms with Gasteiger partial charge >= 0.3 is 12.1 Å². The Morgan fingerprint density at radius 1 is 1.06 bits per heavy atom. The number of halogens is 3. The fraction of sp³-hybridized carbons (Fsp3) is 0.190. The molecule has 10 heteroatoms. The van der Waals surface area contributed by atoms with Crippen LogP contribution in [-0.4, -0.2) is 25.0 Å². The monoisotopic (exact) mass is 467 g/mol. The first-order valence-corrected chi connectivity index (χ1v) is 11.4. The summed E-state index contributed by atoms with van der Waals surface area (Å²) in [6.45, 7) is 0. The van der Waals surface area contributed by atoms with E-state index in [1.54, 1.807) is 30.3 Å². The highest BCUT2D eigenvalue weighted by molar-refractivity contribution is 7.91. The first-order valence-electron chi connectivity index (χ1n) is 9.13. The van der Waals surface area contributed by atoms with Crippen molar-refractivity contribution in [3.63, 3.8) is 0 Å². The lowest BCUT2D eigenvalue weighted by Crippen LogP contribution is -2.44. The first-order chi connectivity index (χ1) is 14.5. The third-order valence-corrected chi connectivity index (χ3v) is 8.32. The number of hydrogen-bond acceptors (Lipinski definition) is 4. The lowest BCUT2D eigenvalue weighted by Gasteiger charge is -2.14. The van der Waals surface area contributed by atoms with E-state index in [2.05, 4.69) is 4.72 Å². The molecule has 1 fully saturated rings. The number of alkyl halides is 3. The summed E-state index contributed by atoms with van der Waals surface area (Å²) in [5, 5.41) is 9.71. The molecule has 2 atom stereocenters. The van der Waals surface area contributed by atoms with Gasteiger partial charge in [0.25, 0.3) is 10.0 Å². The summed E-state index contributed by atoms with van der Waals surface area (Å²) in [5.74, 6) is -1.79. The van der Waals surface area contributed by atoms with Crippen molar-refractivity contribution in [1.82, 2.24) is 4.72 Å². The molecular formula is C21H16F3NO4S2. The van der Waals surface area contributed by atoms with Gasteiger partial charge in [0.1, 0.15) is 9.75 Å². The summed E-state index contributed by atoms with van der Waals surface area (Å²) in [6.07, 6.45) is -4.41. The second kappa shape index (κ2) is 7.47. The maximum absolute atomic E-state index is 13.0. The average Bonchev–Trinajstić information content (AvgIpc) is 3.21. The number of carbonyl (C=O) groups is 1. The summed E-state index contributed by atoms with van der Waals surface area (Å²) in [7, 11) is -4.20. The molecule has 0 saturated heterocycles. The molecule has 0 spiro atoms. The Morgan fingerprint density at radius 3 is 2.42 bits per heavy atom. The number of aliphatic carboxylic acids is 1. The number of carboxylic acid groups (broad SMARTS) is 1. The molecule has 1 saturated carbocycles. The Morgan fingerprint density at radius 2 is 1.77 bits per heavy atom. The van der Waals surface area contributed by atoms with E-state index in [4.69, 9.17) is 0 Å². The van der Waals surface area contributed by atoms with E-state index in [1.165, 1.54) is 24.3 Å². The predicted molar refractivity (Wildman–Crippen MR) is 109 cm³/mol. The van der Waals surface area contributed by atoms with Gasteiger partial charge in [-0.25, -0.2) is 8.42 Å². The minimum absolute atomic E-state index is 0.109. The van der Waals surface area contributed by atoms with Gasteiger partial charge in [0.05, 0.1) is 5.56 Å². The van der Waals surface area contributed by atoms with Gasteiger partial charge in [-0.3, -0.25) is 4.79 Å². The van der Waals surface area contributed by atoms with Crippen LogP contribution in [0, 0.1) is 0 Å². The standard InChI is InChI=1S/C21H16F3NO4S2/c22-21(23,24)15-8-4-7-14(11-15)17-9-10-18(30-17)31(28,29)25-20(19(26)27)12-16(20)13-5-2-1-3-6-13/h1-11,16,25H,12H2,(H,26,27)/t16-,20-/m0/s1. The molecule has 2 N–H and O–H groups in total. The molecular weight excluding hydrogens is 451 g/mol. The zero-order chi connectivity index (χ0) is 22.4. The normalized spacial score (nSPS) is 21.1. The van der Waals surface area contributed by atoms with Gasteiger partial charge in [0, 0.05) is 10.8 Å². The zero-order valence-corrected chi connectivity index (χ0v) is 17.4. The molecule has 0 radical (unpaired) electrons. The van der Waals surface area contributed by atoms with Gasteiger partial charge in [-0.15, -0.1) is 11.3 Å². The van der Waals surface area contributed by atoms with Crippen molar-refractivity contribution in [2.24, 2.45) is 0 Å². The predicted octanol–water partition coefficient (Wildman–Crippen LogP) is 4.72. The van der Waals surface area contributed by atoms with E-state index in [0.717, 1.165) is 23.5 Å². The van der Waals surface area contributed by atoms with Crippen molar-refractivity contribution >= 4 is 27.3 Å². The van der Waals surface area contributed by atoms with Crippen molar-refractivity contribution in [3.8, 4) is 10.4 Å². The SMILES string of the molecule is O=C(O)[C@]1(NS(=O)(=O)c2ccc(-c3cccc(C(F)(F)F)c3)s2)C[C@H]1c1ccccc1. The zero-order valence-electron chi connectivity index (χ0n) is 15.8. The second-order valence-corrected chi connectivity index (χ2v) is 10.2. The lowest BCUT2D eigenvalue weighted by molar-refractivity contribution is -0.140. The largest absolute Gasteiger partial charge is 0.480 e. The van der Waals surface area contributed by atoms with E-state index in [1.807, 2.05) is 0 Å². The molecule has 1 aliphatic rings. The van der Waals surface area contributed by atoms with Crippen LogP contribution in [0.4, 0.5) is 13.2 Å². The summed E-state index contributed by atoms with van der Waals surface area (Å²) < 4.78 is 66.8. The molecule has 3 aromatic rings. The topological polar surface area (TPSA) is 83.5 Å². The van der Waals surface area contributed by atoms with Gasteiger partial charge in [-0.2, -0.15) is 17.9 Å². The van der Waals surface area contributed by atoms with Gasteiger partial charge in [0.15, 0.2) is 0 Å². The Balaban J connectivity index is 1.61. The Bertz CT molecular complexity index is 1240. The van der Waals surface area contributed by atoms with Gasteiger partial charge < -0.3 is 5.11 Å². The van der Waals surface area contributed by atoms with Crippen molar-refractivity contribution in [2.75, 3.05) is 0 Å². The minimum Gasteiger partial charge on any atom is -0.480 e. The Hall–Kier alpha value is -2.69. The summed E-state index contributed by atoms with van der Waals surface area (Å²) >= 11 is 0.779. The van der Waals surface area contributed by atoms with Crippen LogP contribution in [0.25, 0.3) is 10.4 Å². The number of carboxylic acids is 1. The van der Waals surface area contributed by atoms with Crippen LogP contribution in [0.3, 0.4) is 0 Å². The molecule has 0 aliphatic heterocycles. The fourth-order valence-corrected chi connectivity index (χ4v) is 6.21. The summed E-state index contributed by atoms with van der Waals surface area (Å²) in [4.78, 5) is 12.2. The molecule has 2 aromatic carbocycles. The second-order valence-electron chi connectivity index (χ2n) is 7.25. The average molecular weight is 467 g/mol. The smallest absolute Gasteiger partial charge is 0.416 e. The number of rotatable bonds is 6. The molecule has 4 rings (SSSR count). The quantitative estimate of drug-likeness (QED) is 0.549. The van der Waals surface area contributed by atoms with E-state index in [9.17, 15) is 31.5 Å². The van der Waals surface area contributed by atoms with Crippen LogP contribution in [0.15, 0.2) is 70.9 Å². The molecule has 31 heavy (non-hydrogen) atoms. The third-order valence-electron chi connectivity index (χ3n) is 5.18. The molecule has 1 heterocycles. The number of sulfonamides is 1. The van der Waals surface area contributed by atoms with Crippen LogP contribution in [-0.2, 0) is 21.0 Å². The van der Waals surface area contributed by atoms with Gasteiger partial charge in [0.2, 0.25) is 0 Å². The number of thiophene rings is 1. The molecule has 5 nitrogen and oxygen atoms in total. The van der Waals surface area contributed by atoms with E-state index in [0.29, 0.717) is 10.4 Å².